The minimum Gasteiger partial charge on any atom is -0.501 e. The van der Waals surface area contributed by atoms with E-state index >= 15 is 0 Å². The van der Waals surface area contributed by atoms with Crippen molar-refractivity contribution < 1.29 is 5.11 Å². The van der Waals surface area contributed by atoms with Crippen LogP contribution < -0.4 is 0 Å². The molecule has 0 spiro atoms. The van der Waals surface area contributed by atoms with Crippen molar-refractivity contribution in [1.82, 2.24) is 0 Å². The van der Waals surface area contributed by atoms with Crippen molar-refractivity contribution in [3.05, 3.63) is 33.6 Å². The summed E-state index contributed by atoms with van der Waals surface area (Å²) in [5, 5.41) is 18.9. The first-order valence-corrected chi connectivity index (χ1v) is 3.50. The van der Waals surface area contributed by atoms with Gasteiger partial charge in [-0.2, -0.15) is 0 Å². The van der Waals surface area contributed by atoms with Gasteiger partial charge in [-0.1, -0.05) is 6.07 Å². The number of hydrogen-bond donors (Lipinski definition) is 1. The van der Waals surface area contributed by atoms with Gasteiger partial charge < -0.3 is 5.11 Å². The Hall–Kier alpha value is -1.34. The van der Waals surface area contributed by atoms with Crippen LogP contribution in [-0.4, -0.2) is 5.11 Å². The molecule has 0 bridgehead atoms. The van der Waals surface area contributed by atoms with Crippen LogP contribution in [0.2, 0.25) is 0 Å². The third kappa shape index (κ3) is 1.33. The van der Waals surface area contributed by atoms with Gasteiger partial charge in [-0.15, -0.1) is 11.3 Å². The topological polar surface area (TPSA) is 48.4 Å². The molecule has 3 nitrogen and oxygen atoms in total. The van der Waals surface area contributed by atoms with Crippen LogP contribution in [0.4, 0.5) is 0 Å². The Morgan fingerprint density at radius 1 is 1.80 bits per heavy atom. The molecule has 0 amide bonds. The third-order valence-corrected chi connectivity index (χ3v) is 1.85. The summed E-state index contributed by atoms with van der Waals surface area (Å²) in [6.45, 7) is 0. The summed E-state index contributed by atoms with van der Waals surface area (Å²) in [7, 11) is 0. The Bertz CT molecular complexity index is 270. The van der Waals surface area contributed by atoms with E-state index in [4.69, 9.17) is 10.5 Å². The highest BCUT2D eigenvalue weighted by molar-refractivity contribution is 7.11. The zero-order valence-corrected chi connectivity index (χ0v) is 5.88. The van der Waals surface area contributed by atoms with E-state index in [2.05, 4.69) is 4.98 Å². The summed E-state index contributed by atoms with van der Waals surface area (Å²) in [6, 6.07) is 3.54. The zero-order valence-electron chi connectivity index (χ0n) is 5.06. The molecule has 1 aromatic heterocycles. The highest BCUT2D eigenvalue weighted by Gasteiger charge is 2.02. The third-order valence-electron chi connectivity index (χ3n) is 0.954. The lowest BCUT2D eigenvalue weighted by Crippen LogP contribution is -1.71. The van der Waals surface area contributed by atoms with E-state index < -0.39 is 0 Å². The van der Waals surface area contributed by atoms with Gasteiger partial charge in [0.25, 0.3) is 0 Å². The van der Waals surface area contributed by atoms with Gasteiger partial charge in [0.2, 0.25) is 11.2 Å². The highest BCUT2D eigenvalue weighted by Crippen LogP contribution is 2.16. The van der Waals surface area contributed by atoms with Crippen LogP contribution >= 0.6 is 11.3 Å². The lowest BCUT2D eigenvalue weighted by atomic mass is 10.4. The summed E-state index contributed by atoms with van der Waals surface area (Å²) >= 11 is 1.38. The summed E-state index contributed by atoms with van der Waals surface area (Å²) in [5.74, 6) is -0.0162. The van der Waals surface area contributed by atoms with Crippen LogP contribution in [0.3, 0.4) is 0 Å². The second-order valence-corrected chi connectivity index (χ2v) is 2.55. The van der Waals surface area contributed by atoms with Gasteiger partial charge in [0.05, 0.1) is 4.88 Å². The molecule has 0 radical (unpaired) electrons. The Balaban J connectivity index is 2.90. The average molecular weight is 153 g/mol. The normalized spacial score (nSPS) is 10.9. The average Bonchev–Trinajstić information content (AvgIpc) is 2.38. The van der Waals surface area contributed by atoms with Crippen molar-refractivity contribution in [3.63, 3.8) is 0 Å². The number of rotatable bonds is 1. The largest absolute Gasteiger partial charge is 0.501 e. The lowest BCUT2D eigenvalue weighted by Gasteiger charge is -1.83. The molecule has 1 heterocycles. The fourth-order valence-electron chi connectivity index (χ4n) is 0.543. The fraction of sp³-hybridized carbons (Fsp3) is 0. The molecule has 0 atom stereocenters. The van der Waals surface area contributed by atoms with E-state index in [1.807, 2.05) is 5.38 Å². The van der Waals surface area contributed by atoms with Gasteiger partial charge in [0.15, 0.2) is 4.98 Å². The Morgan fingerprint density at radius 2 is 2.60 bits per heavy atom. The monoisotopic (exact) mass is 153 g/mol. The number of diazo groups is 1. The van der Waals surface area contributed by atoms with Gasteiger partial charge in [-0.3, -0.25) is 0 Å². The number of thiophene rings is 1. The van der Waals surface area contributed by atoms with Crippen LogP contribution in [0.1, 0.15) is 4.88 Å². The molecular weight excluding hydrogens is 148 g/mol. The standard InChI is InChI=1S/C6H4N2OS/c7-8-4-5(9)6-2-1-3-10-6/h1-4H/p+1/b5-4-. The Kier molecular flexibility index (Phi) is 2.03. The minimum atomic E-state index is -0.0162. The van der Waals surface area contributed by atoms with Crippen LogP contribution in [0.15, 0.2) is 23.7 Å². The maximum Gasteiger partial charge on any atom is 0.393 e. The van der Waals surface area contributed by atoms with Crippen molar-refractivity contribution in [1.29, 1.82) is 5.39 Å². The van der Waals surface area contributed by atoms with E-state index in [0.717, 1.165) is 6.20 Å². The summed E-state index contributed by atoms with van der Waals surface area (Å²) in [4.78, 5) is 3.38. The molecule has 0 aromatic carbocycles. The van der Waals surface area contributed by atoms with Crippen molar-refractivity contribution in [2.45, 2.75) is 0 Å². The van der Waals surface area contributed by atoms with Crippen LogP contribution in [0.25, 0.3) is 10.7 Å². The maximum atomic E-state index is 9.03. The van der Waals surface area contributed by atoms with Crippen molar-refractivity contribution in [2.24, 2.45) is 0 Å². The number of aliphatic hydroxyl groups excluding tert-OH is 1. The van der Waals surface area contributed by atoms with Gasteiger partial charge in [0.1, 0.15) is 0 Å². The molecule has 0 aliphatic rings. The molecule has 0 saturated heterocycles. The Morgan fingerprint density at radius 3 is 3.10 bits per heavy atom. The predicted octanol–water partition coefficient (Wildman–Crippen LogP) is 2.46. The van der Waals surface area contributed by atoms with Crippen LogP contribution in [0, 0.1) is 5.39 Å². The summed E-state index contributed by atoms with van der Waals surface area (Å²) in [6.07, 6.45) is 0.992. The molecular formula is C6H5N2OS+. The molecule has 0 saturated carbocycles. The predicted molar refractivity (Wildman–Crippen MR) is 40.0 cm³/mol. The van der Waals surface area contributed by atoms with E-state index in [1.54, 1.807) is 12.1 Å². The van der Waals surface area contributed by atoms with Gasteiger partial charge in [0, 0.05) is 0 Å². The summed E-state index contributed by atoms with van der Waals surface area (Å²) in [5.41, 5.74) is 0. The minimum absolute atomic E-state index is 0.0162. The van der Waals surface area contributed by atoms with Gasteiger partial charge in [-0.25, -0.2) is 0 Å². The van der Waals surface area contributed by atoms with Crippen LogP contribution in [-0.2, 0) is 0 Å². The molecule has 4 heteroatoms. The van der Waals surface area contributed by atoms with E-state index in [0.29, 0.717) is 4.88 Å². The number of nitrogens with zero attached hydrogens (tertiary/aromatic N) is 2. The second kappa shape index (κ2) is 2.99. The van der Waals surface area contributed by atoms with Crippen molar-refractivity contribution in [2.75, 3.05) is 0 Å². The molecule has 0 aliphatic heterocycles. The summed E-state index contributed by atoms with van der Waals surface area (Å²) < 4.78 is 0. The second-order valence-electron chi connectivity index (χ2n) is 1.61. The molecule has 0 unspecified atom stereocenters. The van der Waals surface area contributed by atoms with Crippen molar-refractivity contribution in [3.8, 4) is 0 Å². The fourth-order valence-corrected chi connectivity index (χ4v) is 1.18. The van der Waals surface area contributed by atoms with Gasteiger partial charge in [-0.05, 0) is 11.4 Å². The van der Waals surface area contributed by atoms with Crippen LogP contribution in [0.5, 0.6) is 0 Å². The SMILES string of the molecule is N#[N+]/C=C(\O)c1cccs1. The maximum absolute atomic E-state index is 9.03. The molecule has 10 heavy (non-hydrogen) atoms. The molecule has 0 aliphatic carbocycles. The highest BCUT2D eigenvalue weighted by atomic mass is 32.1. The first-order valence-electron chi connectivity index (χ1n) is 2.62. The first-order chi connectivity index (χ1) is 4.84. The molecule has 1 aromatic rings. The molecule has 0 fully saturated rings. The Labute approximate surface area is 61.9 Å². The van der Waals surface area contributed by atoms with Crippen molar-refractivity contribution >= 4 is 17.1 Å². The number of hydrogen-bond acceptors (Lipinski definition) is 3. The van der Waals surface area contributed by atoms with Gasteiger partial charge >= 0.3 is 6.20 Å². The number of aliphatic hydroxyl groups is 1. The molecule has 50 valence electrons. The van der Waals surface area contributed by atoms with E-state index in [-0.39, 0.29) is 5.76 Å². The van der Waals surface area contributed by atoms with E-state index in [9.17, 15) is 0 Å². The molecule has 1 rings (SSSR count). The smallest absolute Gasteiger partial charge is 0.393 e. The first kappa shape index (κ1) is 6.78. The molecule has 1 N–H and O–H groups in total. The van der Waals surface area contributed by atoms with E-state index in [1.165, 1.54) is 11.3 Å². The zero-order chi connectivity index (χ0) is 7.40. The quantitative estimate of drug-likeness (QED) is 0.497. The lowest BCUT2D eigenvalue weighted by molar-refractivity contribution is 0.514.